The van der Waals surface area contributed by atoms with Crippen LogP contribution in [0.5, 0.6) is 0 Å². The molecule has 2 aliphatic rings. The molecule has 0 bridgehead atoms. The van der Waals surface area contributed by atoms with Gasteiger partial charge in [0.2, 0.25) is 5.91 Å². The monoisotopic (exact) mass is 290 g/mol. The lowest BCUT2D eigenvalue weighted by Crippen LogP contribution is -2.38. The number of hydrogen-bond acceptors (Lipinski definition) is 3. The summed E-state index contributed by atoms with van der Waals surface area (Å²) in [7, 11) is 0. The van der Waals surface area contributed by atoms with Gasteiger partial charge in [0.15, 0.2) is 0 Å². The van der Waals surface area contributed by atoms with Crippen LogP contribution in [0, 0.1) is 12.8 Å². The molecule has 1 unspecified atom stereocenters. The summed E-state index contributed by atoms with van der Waals surface area (Å²) in [5.74, 6) is 2.40. The van der Waals surface area contributed by atoms with Crippen molar-refractivity contribution in [2.45, 2.75) is 51.5 Å². The third-order valence-corrected chi connectivity index (χ3v) is 4.87. The van der Waals surface area contributed by atoms with E-state index >= 15 is 0 Å². The van der Waals surface area contributed by atoms with Gasteiger partial charge in [0.1, 0.15) is 11.5 Å². The number of aryl methyl sites for hydroxylation is 1. The average molecular weight is 290 g/mol. The largest absolute Gasteiger partial charge is 0.465 e. The number of nitrogens with one attached hydrogen (secondary N) is 1. The van der Waals surface area contributed by atoms with Crippen LogP contribution < -0.4 is 5.32 Å². The summed E-state index contributed by atoms with van der Waals surface area (Å²) in [6.07, 6.45) is 7.00. The average Bonchev–Trinajstić information content (AvgIpc) is 3.21. The number of rotatable bonds is 5. The van der Waals surface area contributed by atoms with Crippen molar-refractivity contribution in [3.05, 3.63) is 23.7 Å². The molecule has 3 rings (SSSR count). The second kappa shape index (κ2) is 6.65. The third-order valence-electron chi connectivity index (χ3n) is 4.87. The Hall–Kier alpha value is -1.29. The summed E-state index contributed by atoms with van der Waals surface area (Å²) < 4.78 is 5.82. The van der Waals surface area contributed by atoms with Crippen LogP contribution in [-0.4, -0.2) is 30.4 Å². The van der Waals surface area contributed by atoms with E-state index < -0.39 is 0 Å². The molecule has 4 heteroatoms. The molecule has 1 N–H and O–H groups in total. The highest BCUT2D eigenvalue weighted by molar-refractivity contribution is 5.78. The molecule has 1 saturated heterocycles. The van der Waals surface area contributed by atoms with Crippen LogP contribution in [0.15, 0.2) is 16.5 Å². The Morgan fingerprint density at radius 1 is 1.29 bits per heavy atom. The summed E-state index contributed by atoms with van der Waals surface area (Å²) in [5.41, 5.74) is 0. The first-order chi connectivity index (χ1) is 10.2. The van der Waals surface area contributed by atoms with E-state index in [-0.39, 0.29) is 17.9 Å². The molecule has 0 radical (unpaired) electrons. The van der Waals surface area contributed by atoms with Crippen LogP contribution in [0.2, 0.25) is 0 Å². The first-order valence-electron chi connectivity index (χ1n) is 8.32. The molecule has 4 nitrogen and oxygen atoms in total. The van der Waals surface area contributed by atoms with E-state index in [2.05, 4.69) is 16.3 Å². The Morgan fingerprint density at radius 3 is 2.62 bits per heavy atom. The minimum absolute atomic E-state index is 0.187. The Balaban J connectivity index is 1.63. The van der Waals surface area contributed by atoms with E-state index in [1.807, 2.05) is 13.0 Å². The molecule has 1 atom stereocenters. The van der Waals surface area contributed by atoms with Crippen molar-refractivity contribution in [3.8, 4) is 0 Å². The molecule has 0 spiro atoms. The van der Waals surface area contributed by atoms with Gasteiger partial charge in [-0.1, -0.05) is 12.8 Å². The number of carbonyl (C=O) groups excluding carboxylic acids is 1. The standard InChI is InChI=1S/C17H26N2O2/c1-13-8-9-16(21-13)15(19-10-4-5-11-19)12-18-17(20)14-6-2-3-7-14/h8-9,14-15H,2-7,10-12H2,1H3,(H,18,20). The van der Waals surface area contributed by atoms with Crippen molar-refractivity contribution >= 4 is 5.91 Å². The van der Waals surface area contributed by atoms with Crippen molar-refractivity contribution in [1.29, 1.82) is 0 Å². The smallest absolute Gasteiger partial charge is 0.223 e. The second-order valence-corrected chi connectivity index (χ2v) is 6.43. The van der Waals surface area contributed by atoms with E-state index in [1.54, 1.807) is 0 Å². The van der Waals surface area contributed by atoms with Gasteiger partial charge in [-0.05, 0) is 57.8 Å². The van der Waals surface area contributed by atoms with Gasteiger partial charge < -0.3 is 9.73 Å². The molecule has 1 aliphatic heterocycles. The quantitative estimate of drug-likeness (QED) is 0.906. The fraction of sp³-hybridized carbons (Fsp3) is 0.706. The van der Waals surface area contributed by atoms with Gasteiger partial charge in [-0.2, -0.15) is 0 Å². The third kappa shape index (κ3) is 3.49. The molecule has 1 aromatic heterocycles. The second-order valence-electron chi connectivity index (χ2n) is 6.43. The van der Waals surface area contributed by atoms with Crippen LogP contribution in [0.4, 0.5) is 0 Å². The fourth-order valence-electron chi connectivity index (χ4n) is 3.63. The molecule has 1 amide bonds. The topological polar surface area (TPSA) is 45.5 Å². The zero-order valence-corrected chi connectivity index (χ0v) is 12.9. The van der Waals surface area contributed by atoms with E-state index in [9.17, 15) is 4.79 Å². The molecule has 116 valence electrons. The lowest BCUT2D eigenvalue weighted by molar-refractivity contribution is -0.125. The van der Waals surface area contributed by atoms with Crippen molar-refractivity contribution in [1.82, 2.24) is 10.2 Å². The highest BCUT2D eigenvalue weighted by Crippen LogP contribution is 2.27. The number of carbonyl (C=O) groups is 1. The van der Waals surface area contributed by atoms with Crippen molar-refractivity contribution in [2.24, 2.45) is 5.92 Å². The minimum atomic E-state index is 0.187. The number of furan rings is 1. The molecule has 2 heterocycles. The predicted octanol–water partition coefficient (Wildman–Crippen LogP) is 3.03. The number of nitrogens with zero attached hydrogens (tertiary/aromatic N) is 1. The molecule has 0 aromatic carbocycles. The predicted molar refractivity (Wildman–Crippen MR) is 82.0 cm³/mol. The normalized spacial score (nSPS) is 21.8. The first kappa shape index (κ1) is 14.6. The van der Waals surface area contributed by atoms with Gasteiger partial charge in [0, 0.05) is 12.5 Å². The molecule has 1 aromatic rings. The lowest BCUT2D eigenvalue weighted by Gasteiger charge is -2.26. The minimum Gasteiger partial charge on any atom is -0.465 e. The molecule has 21 heavy (non-hydrogen) atoms. The molecule has 1 saturated carbocycles. The van der Waals surface area contributed by atoms with Gasteiger partial charge in [-0.15, -0.1) is 0 Å². The fourth-order valence-corrected chi connectivity index (χ4v) is 3.63. The number of likely N-dealkylation sites (tertiary alicyclic amines) is 1. The number of hydrogen-bond donors (Lipinski definition) is 1. The van der Waals surface area contributed by atoms with Crippen LogP contribution in [0.25, 0.3) is 0 Å². The molecule has 2 fully saturated rings. The maximum atomic E-state index is 12.2. The summed E-state index contributed by atoms with van der Waals surface area (Å²) >= 11 is 0. The van der Waals surface area contributed by atoms with Crippen LogP contribution >= 0.6 is 0 Å². The Morgan fingerprint density at radius 2 is 2.00 bits per heavy atom. The van der Waals surface area contributed by atoms with Gasteiger partial charge in [0.25, 0.3) is 0 Å². The van der Waals surface area contributed by atoms with Crippen LogP contribution in [-0.2, 0) is 4.79 Å². The van der Waals surface area contributed by atoms with Crippen molar-refractivity contribution < 1.29 is 9.21 Å². The van der Waals surface area contributed by atoms with E-state index in [1.165, 1.54) is 25.7 Å². The maximum Gasteiger partial charge on any atom is 0.223 e. The highest BCUT2D eigenvalue weighted by Gasteiger charge is 2.28. The molecular weight excluding hydrogens is 264 g/mol. The Kier molecular flexibility index (Phi) is 4.63. The van der Waals surface area contributed by atoms with E-state index in [4.69, 9.17) is 4.42 Å². The van der Waals surface area contributed by atoms with Crippen molar-refractivity contribution in [2.75, 3.05) is 19.6 Å². The van der Waals surface area contributed by atoms with Gasteiger partial charge in [-0.3, -0.25) is 9.69 Å². The summed E-state index contributed by atoms with van der Waals surface area (Å²) in [6.45, 7) is 4.84. The van der Waals surface area contributed by atoms with Gasteiger partial charge >= 0.3 is 0 Å². The van der Waals surface area contributed by atoms with Crippen LogP contribution in [0.1, 0.15) is 56.1 Å². The lowest BCUT2D eigenvalue weighted by atomic mass is 10.1. The van der Waals surface area contributed by atoms with E-state index in [0.717, 1.165) is 37.5 Å². The first-order valence-corrected chi connectivity index (χ1v) is 8.32. The summed E-state index contributed by atoms with van der Waals surface area (Å²) in [5, 5.41) is 3.17. The van der Waals surface area contributed by atoms with Gasteiger partial charge in [0.05, 0.1) is 6.04 Å². The van der Waals surface area contributed by atoms with Crippen molar-refractivity contribution in [3.63, 3.8) is 0 Å². The van der Waals surface area contributed by atoms with Crippen LogP contribution in [0.3, 0.4) is 0 Å². The van der Waals surface area contributed by atoms with Gasteiger partial charge in [-0.25, -0.2) is 0 Å². The molecule has 1 aliphatic carbocycles. The summed E-state index contributed by atoms with van der Waals surface area (Å²) in [4.78, 5) is 14.7. The Labute approximate surface area is 126 Å². The highest BCUT2D eigenvalue weighted by atomic mass is 16.3. The SMILES string of the molecule is Cc1ccc(C(CNC(=O)C2CCCC2)N2CCCC2)o1. The van der Waals surface area contributed by atoms with E-state index in [0.29, 0.717) is 6.54 Å². The number of amides is 1. The summed E-state index contributed by atoms with van der Waals surface area (Å²) in [6, 6.07) is 4.25. The zero-order chi connectivity index (χ0) is 14.7. The maximum absolute atomic E-state index is 12.2. The molecular formula is C17H26N2O2. The Bertz CT molecular complexity index is 471. The zero-order valence-electron chi connectivity index (χ0n) is 12.9.